The van der Waals surface area contributed by atoms with E-state index in [0.717, 1.165) is 109 Å². The Bertz CT molecular complexity index is 1430. The molecule has 0 aliphatic heterocycles. The van der Waals surface area contributed by atoms with E-state index in [4.69, 9.17) is 14.2 Å². The highest BCUT2D eigenvalue weighted by molar-refractivity contribution is 5.71. The first-order valence-corrected chi connectivity index (χ1v) is 32.1. The van der Waals surface area contributed by atoms with E-state index in [2.05, 4.69) is 106 Å². The average Bonchev–Trinajstić information content (AvgIpc) is 3.41. The highest BCUT2D eigenvalue weighted by Crippen LogP contribution is 2.17. The second-order valence-electron chi connectivity index (χ2n) is 21.3. The number of allylic oxidation sites excluding steroid dienone is 14. The topological polar surface area (TPSA) is 78.9 Å². The summed E-state index contributed by atoms with van der Waals surface area (Å²) in [4.78, 5) is 38.2. The maximum Gasteiger partial charge on any atom is 0.306 e. The minimum absolute atomic E-state index is 0.0754. The summed E-state index contributed by atoms with van der Waals surface area (Å²) >= 11 is 0. The average molecular weight is 1050 g/mol. The second kappa shape index (κ2) is 63.1. The molecule has 0 rings (SSSR count). The third-order valence-electron chi connectivity index (χ3n) is 13.9. The zero-order chi connectivity index (χ0) is 54.3. The molecule has 1 unspecified atom stereocenters. The van der Waals surface area contributed by atoms with Gasteiger partial charge in [0, 0.05) is 19.3 Å². The van der Waals surface area contributed by atoms with Gasteiger partial charge in [0.1, 0.15) is 13.2 Å². The van der Waals surface area contributed by atoms with Crippen molar-refractivity contribution in [1.29, 1.82) is 0 Å². The van der Waals surface area contributed by atoms with Crippen LogP contribution in [-0.2, 0) is 28.6 Å². The van der Waals surface area contributed by atoms with E-state index in [1.807, 2.05) is 0 Å². The van der Waals surface area contributed by atoms with Gasteiger partial charge in [-0.05, 0) is 77.0 Å². The molecule has 6 nitrogen and oxygen atoms in total. The molecule has 0 heterocycles. The highest BCUT2D eigenvalue weighted by Gasteiger charge is 2.19. The van der Waals surface area contributed by atoms with Crippen LogP contribution in [0.5, 0.6) is 0 Å². The number of ether oxygens (including phenoxy) is 3. The van der Waals surface area contributed by atoms with Crippen LogP contribution in [0.3, 0.4) is 0 Å². The Morgan fingerprint density at radius 3 is 0.813 bits per heavy atom. The van der Waals surface area contributed by atoms with Crippen molar-refractivity contribution in [2.24, 2.45) is 0 Å². The van der Waals surface area contributed by atoms with Crippen molar-refractivity contribution in [2.45, 2.75) is 322 Å². The van der Waals surface area contributed by atoms with Gasteiger partial charge in [-0.3, -0.25) is 14.4 Å². The lowest BCUT2D eigenvalue weighted by atomic mass is 10.0. The molecule has 0 aliphatic rings. The summed E-state index contributed by atoms with van der Waals surface area (Å²) in [6, 6.07) is 0. The summed E-state index contributed by atoms with van der Waals surface area (Å²) in [6.07, 6.45) is 83.1. The first kappa shape index (κ1) is 71.6. The number of carbonyl (C=O) groups is 3. The van der Waals surface area contributed by atoms with Crippen LogP contribution < -0.4 is 0 Å². The molecule has 0 fully saturated rings. The van der Waals surface area contributed by atoms with Crippen molar-refractivity contribution in [3.63, 3.8) is 0 Å². The van der Waals surface area contributed by atoms with Crippen LogP contribution in [0.15, 0.2) is 85.1 Å². The van der Waals surface area contributed by atoms with Crippen molar-refractivity contribution in [3.8, 4) is 0 Å². The van der Waals surface area contributed by atoms with Crippen molar-refractivity contribution in [1.82, 2.24) is 0 Å². The quantitative estimate of drug-likeness (QED) is 0.0261. The van der Waals surface area contributed by atoms with E-state index in [0.29, 0.717) is 19.3 Å². The van der Waals surface area contributed by atoms with Gasteiger partial charge in [-0.2, -0.15) is 0 Å². The van der Waals surface area contributed by atoms with Crippen LogP contribution in [0.4, 0.5) is 0 Å². The van der Waals surface area contributed by atoms with Gasteiger partial charge in [-0.25, -0.2) is 0 Å². The first-order valence-electron chi connectivity index (χ1n) is 32.1. The van der Waals surface area contributed by atoms with Crippen LogP contribution in [-0.4, -0.2) is 37.2 Å². The molecule has 0 aromatic carbocycles. The molecule has 75 heavy (non-hydrogen) atoms. The van der Waals surface area contributed by atoms with Crippen molar-refractivity contribution in [2.75, 3.05) is 13.2 Å². The predicted octanol–water partition coefficient (Wildman–Crippen LogP) is 21.9. The lowest BCUT2D eigenvalue weighted by Gasteiger charge is -2.18. The molecule has 0 spiro atoms. The van der Waals surface area contributed by atoms with Gasteiger partial charge in [-0.15, -0.1) is 0 Å². The fourth-order valence-corrected chi connectivity index (χ4v) is 9.13. The van der Waals surface area contributed by atoms with Gasteiger partial charge in [0.25, 0.3) is 0 Å². The number of rotatable bonds is 58. The SMILES string of the molecule is CC/C=C\C/C=C\C/C=C\C/C=C\C/C=C\C/C=C\C/C=C\CCCCCCCCCC(=O)OCC(COC(=O)CCCCCCCCCCCC)OC(=O)CCCCCCCCCCCCCCCCCCCC. The maximum atomic E-state index is 12.9. The maximum absolute atomic E-state index is 12.9. The molecule has 0 amide bonds. The summed E-state index contributed by atoms with van der Waals surface area (Å²) in [5.74, 6) is -0.874. The summed E-state index contributed by atoms with van der Waals surface area (Å²) in [5, 5.41) is 0. The first-order chi connectivity index (χ1) is 37.0. The number of unbranched alkanes of at least 4 members (excludes halogenated alkanes) is 33. The van der Waals surface area contributed by atoms with Gasteiger partial charge < -0.3 is 14.2 Å². The van der Waals surface area contributed by atoms with Crippen LogP contribution in [0.25, 0.3) is 0 Å². The monoisotopic (exact) mass is 1040 g/mol. The highest BCUT2D eigenvalue weighted by atomic mass is 16.6. The zero-order valence-electron chi connectivity index (χ0n) is 49.6. The Hall–Kier alpha value is -3.41. The Labute approximate surface area is 465 Å². The number of hydrogen-bond donors (Lipinski definition) is 0. The molecule has 0 bridgehead atoms. The summed E-state index contributed by atoms with van der Waals surface area (Å²) < 4.78 is 16.9. The van der Waals surface area contributed by atoms with E-state index in [1.165, 1.54) is 167 Å². The van der Waals surface area contributed by atoms with Gasteiger partial charge in [0.15, 0.2) is 6.10 Å². The van der Waals surface area contributed by atoms with Crippen LogP contribution in [0, 0.1) is 0 Å². The van der Waals surface area contributed by atoms with Crippen molar-refractivity contribution < 1.29 is 28.6 Å². The van der Waals surface area contributed by atoms with Crippen LogP contribution in [0.2, 0.25) is 0 Å². The Balaban J connectivity index is 4.25. The molecule has 1 atom stereocenters. The Kier molecular flexibility index (Phi) is 60.3. The van der Waals surface area contributed by atoms with Gasteiger partial charge in [0.05, 0.1) is 0 Å². The Morgan fingerprint density at radius 1 is 0.280 bits per heavy atom. The van der Waals surface area contributed by atoms with Gasteiger partial charge in [0.2, 0.25) is 0 Å². The second-order valence-corrected chi connectivity index (χ2v) is 21.3. The van der Waals surface area contributed by atoms with Crippen molar-refractivity contribution in [3.05, 3.63) is 85.1 Å². The number of hydrogen-bond acceptors (Lipinski definition) is 6. The standard InChI is InChI=1S/C69H120O6/c1-4-7-10-13-16-19-22-24-26-28-30-31-32-33-34-35-36-37-38-39-40-42-43-45-47-50-53-56-59-62-68(71)74-65-66(64-73-67(70)61-58-55-52-49-21-18-15-12-9-6-3)75-69(72)63-60-57-54-51-48-46-44-41-29-27-25-23-20-17-14-11-8-5-2/h7,10,16,19,24,26,30-31,33-34,36-37,39-40,66H,4-6,8-9,11-15,17-18,20-23,25,27-29,32,35,38,41-65H2,1-3H3/b10-7-,19-16-,26-24-,31-30-,34-33-,37-36-,40-39-. The lowest BCUT2D eigenvalue weighted by Crippen LogP contribution is -2.30. The number of esters is 3. The minimum Gasteiger partial charge on any atom is -0.462 e. The minimum atomic E-state index is -0.778. The van der Waals surface area contributed by atoms with Crippen molar-refractivity contribution >= 4 is 17.9 Å². The largest absolute Gasteiger partial charge is 0.462 e. The molecule has 0 saturated carbocycles. The smallest absolute Gasteiger partial charge is 0.306 e. The molecule has 0 radical (unpaired) electrons. The molecular formula is C69H120O6. The molecule has 0 aromatic rings. The Morgan fingerprint density at radius 2 is 0.520 bits per heavy atom. The molecule has 0 aliphatic carbocycles. The molecule has 0 N–H and O–H groups in total. The van der Waals surface area contributed by atoms with E-state index >= 15 is 0 Å². The predicted molar refractivity (Wildman–Crippen MR) is 325 cm³/mol. The number of carbonyl (C=O) groups excluding carboxylic acids is 3. The fraction of sp³-hybridized carbons (Fsp3) is 0.754. The molecule has 432 valence electrons. The lowest BCUT2D eigenvalue weighted by molar-refractivity contribution is -0.167. The molecule has 0 aromatic heterocycles. The van der Waals surface area contributed by atoms with E-state index < -0.39 is 6.10 Å². The van der Waals surface area contributed by atoms with Crippen LogP contribution in [0.1, 0.15) is 316 Å². The summed E-state index contributed by atoms with van der Waals surface area (Å²) in [6.45, 7) is 6.54. The summed E-state index contributed by atoms with van der Waals surface area (Å²) in [7, 11) is 0. The van der Waals surface area contributed by atoms with E-state index in [1.54, 1.807) is 0 Å². The fourth-order valence-electron chi connectivity index (χ4n) is 9.13. The molecule has 0 saturated heterocycles. The van der Waals surface area contributed by atoms with E-state index in [9.17, 15) is 14.4 Å². The van der Waals surface area contributed by atoms with Gasteiger partial charge >= 0.3 is 17.9 Å². The van der Waals surface area contributed by atoms with E-state index in [-0.39, 0.29) is 31.1 Å². The normalized spacial score (nSPS) is 12.6. The third kappa shape index (κ3) is 61.3. The summed E-state index contributed by atoms with van der Waals surface area (Å²) in [5.41, 5.74) is 0. The molecule has 6 heteroatoms. The van der Waals surface area contributed by atoms with Crippen LogP contribution >= 0.6 is 0 Å². The third-order valence-corrected chi connectivity index (χ3v) is 13.9. The van der Waals surface area contributed by atoms with Gasteiger partial charge in [-0.1, -0.05) is 305 Å². The molecular weight excluding hydrogens is 925 g/mol. The zero-order valence-corrected chi connectivity index (χ0v) is 49.6.